The summed E-state index contributed by atoms with van der Waals surface area (Å²) in [5.41, 5.74) is 6.96. The number of hydrogen-bond acceptors (Lipinski definition) is 2. The van der Waals surface area contributed by atoms with Gasteiger partial charge in [-0.1, -0.05) is 45.7 Å². The van der Waals surface area contributed by atoms with Crippen molar-refractivity contribution in [2.24, 2.45) is 5.73 Å². The van der Waals surface area contributed by atoms with Crippen molar-refractivity contribution < 1.29 is 4.74 Å². The minimum atomic E-state index is -0.0162. The summed E-state index contributed by atoms with van der Waals surface area (Å²) in [6.07, 6.45) is 0. The van der Waals surface area contributed by atoms with E-state index in [0.717, 1.165) is 10.0 Å². The molecule has 2 aromatic carbocycles. The highest BCUT2D eigenvalue weighted by Crippen LogP contribution is 2.24. The van der Waals surface area contributed by atoms with Crippen molar-refractivity contribution in [3.05, 3.63) is 63.1 Å². The van der Waals surface area contributed by atoms with Crippen LogP contribution in [-0.4, -0.2) is 5.84 Å². The summed E-state index contributed by atoms with van der Waals surface area (Å²) in [6.45, 7) is 0.330. The molecule has 3 N–H and O–H groups in total. The molecule has 98 valence electrons. The van der Waals surface area contributed by atoms with Crippen LogP contribution < -0.4 is 10.5 Å². The summed E-state index contributed by atoms with van der Waals surface area (Å²) in [5, 5.41) is 8.13. The third-order valence-corrected chi connectivity index (χ3v) is 3.42. The van der Waals surface area contributed by atoms with E-state index in [1.165, 1.54) is 0 Å². The van der Waals surface area contributed by atoms with Gasteiger partial charge in [-0.3, -0.25) is 5.41 Å². The topological polar surface area (TPSA) is 59.1 Å². The normalized spacial score (nSPS) is 10.2. The number of hydrogen-bond donors (Lipinski definition) is 2. The molecular weight excluding hydrogens is 328 g/mol. The molecule has 0 amide bonds. The predicted octanol–water partition coefficient (Wildman–Crippen LogP) is 3.97. The molecule has 0 fully saturated rings. The van der Waals surface area contributed by atoms with Crippen LogP contribution >= 0.6 is 27.5 Å². The lowest BCUT2D eigenvalue weighted by Crippen LogP contribution is -2.13. The molecule has 0 unspecified atom stereocenters. The van der Waals surface area contributed by atoms with Gasteiger partial charge >= 0.3 is 0 Å². The first-order chi connectivity index (χ1) is 9.08. The Kier molecular flexibility index (Phi) is 4.45. The third-order valence-electron chi connectivity index (χ3n) is 2.58. The number of nitrogen functional groups attached to an aromatic ring is 1. The van der Waals surface area contributed by atoms with E-state index in [1.54, 1.807) is 12.1 Å². The molecule has 0 radical (unpaired) electrons. The number of halogens is 2. The Bertz CT molecular complexity index is 616. The summed E-state index contributed by atoms with van der Waals surface area (Å²) in [5.74, 6) is 0.562. The first-order valence-corrected chi connectivity index (χ1v) is 6.75. The zero-order valence-corrected chi connectivity index (χ0v) is 12.3. The lowest BCUT2D eigenvalue weighted by Gasteiger charge is -2.11. The zero-order chi connectivity index (χ0) is 13.8. The Morgan fingerprint density at radius 1 is 1.26 bits per heavy atom. The maximum absolute atomic E-state index is 7.50. The molecule has 0 spiro atoms. The van der Waals surface area contributed by atoms with Crippen LogP contribution in [0.1, 0.15) is 11.1 Å². The van der Waals surface area contributed by atoms with Gasteiger partial charge in [0, 0.05) is 15.1 Å². The zero-order valence-electron chi connectivity index (χ0n) is 9.99. The lowest BCUT2D eigenvalue weighted by molar-refractivity contribution is 0.305. The molecule has 0 bridgehead atoms. The monoisotopic (exact) mass is 338 g/mol. The van der Waals surface area contributed by atoms with Crippen LogP contribution in [0.25, 0.3) is 0 Å². The largest absolute Gasteiger partial charge is 0.488 e. The molecular formula is C14H12BrClN2O. The molecule has 3 nitrogen and oxygen atoms in total. The van der Waals surface area contributed by atoms with Gasteiger partial charge < -0.3 is 10.5 Å². The first-order valence-electron chi connectivity index (χ1n) is 5.58. The van der Waals surface area contributed by atoms with E-state index in [0.29, 0.717) is 22.9 Å². The Balaban J connectivity index is 2.17. The fraction of sp³-hybridized carbons (Fsp3) is 0.0714. The highest BCUT2D eigenvalue weighted by Gasteiger charge is 2.07. The quantitative estimate of drug-likeness (QED) is 0.654. The Hall–Kier alpha value is -1.52. The van der Waals surface area contributed by atoms with Crippen LogP contribution in [0.3, 0.4) is 0 Å². The maximum atomic E-state index is 7.50. The molecule has 0 aliphatic rings. The highest BCUT2D eigenvalue weighted by molar-refractivity contribution is 9.10. The summed E-state index contributed by atoms with van der Waals surface area (Å²) >= 11 is 9.47. The number of nitrogens with two attached hydrogens (primary N) is 1. The summed E-state index contributed by atoms with van der Waals surface area (Å²) in [7, 11) is 0. The molecule has 0 saturated heterocycles. The van der Waals surface area contributed by atoms with Gasteiger partial charge in [0.25, 0.3) is 0 Å². The van der Waals surface area contributed by atoms with Crippen molar-refractivity contribution in [3.8, 4) is 5.75 Å². The number of ether oxygens (including phenoxy) is 1. The van der Waals surface area contributed by atoms with E-state index in [2.05, 4.69) is 15.9 Å². The van der Waals surface area contributed by atoms with Crippen LogP contribution in [0.2, 0.25) is 5.02 Å². The Morgan fingerprint density at radius 3 is 2.68 bits per heavy atom. The molecule has 0 atom stereocenters. The minimum Gasteiger partial charge on any atom is -0.488 e. The molecule has 19 heavy (non-hydrogen) atoms. The van der Waals surface area contributed by atoms with Gasteiger partial charge in [0.15, 0.2) is 0 Å². The van der Waals surface area contributed by atoms with E-state index >= 15 is 0 Å². The van der Waals surface area contributed by atoms with Crippen molar-refractivity contribution in [1.29, 1.82) is 5.41 Å². The molecule has 0 saturated carbocycles. The maximum Gasteiger partial charge on any atom is 0.130 e. The van der Waals surface area contributed by atoms with Crippen LogP contribution in [-0.2, 0) is 6.61 Å². The van der Waals surface area contributed by atoms with E-state index in [-0.39, 0.29) is 5.84 Å². The van der Waals surface area contributed by atoms with Gasteiger partial charge in [-0.2, -0.15) is 0 Å². The second-order valence-electron chi connectivity index (χ2n) is 3.93. The van der Waals surface area contributed by atoms with Crippen LogP contribution in [0, 0.1) is 5.41 Å². The van der Waals surface area contributed by atoms with Gasteiger partial charge in [0.1, 0.15) is 18.2 Å². The van der Waals surface area contributed by atoms with Crippen molar-refractivity contribution in [2.75, 3.05) is 0 Å². The van der Waals surface area contributed by atoms with Gasteiger partial charge in [0.05, 0.1) is 5.56 Å². The van der Waals surface area contributed by atoms with Crippen LogP contribution in [0.15, 0.2) is 46.9 Å². The van der Waals surface area contributed by atoms with Crippen molar-refractivity contribution >= 4 is 33.4 Å². The number of benzene rings is 2. The molecule has 0 aliphatic heterocycles. The molecule has 2 rings (SSSR count). The highest BCUT2D eigenvalue weighted by atomic mass is 79.9. The van der Waals surface area contributed by atoms with E-state index in [1.807, 2.05) is 30.3 Å². The average Bonchev–Trinajstić information content (AvgIpc) is 2.38. The SMILES string of the molecule is N=C(N)c1ccccc1OCc1ccc(Br)cc1Cl. The second-order valence-corrected chi connectivity index (χ2v) is 5.26. The number of nitrogens with one attached hydrogen (secondary N) is 1. The fourth-order valence-electron chi connectivity index (χ4n) is 1.61. The van der Waals surface area contributed by atoms with Gasteiger partial charge in [-0.25, -0.2) is 0 Å². The number of amidine groups is 1. The number of rotatable bonds is 4. The summed E-state index contributed by atoms with van der Waals surface area (Å²) < 4.78 is 6.61. The molecule has 2 aromatic rings. The molecule has 0 heterocycles. The van der Waals surface area contributed by atoms with Crippen molar-refractivity contribution in [2.45, 2.75) is 6.61 Å². The Labute approximate surface area is 125 Å². The van der Waals surface area contributed by atoms with Gasteiger partial charge in [0.2, 0.25) is 0 Å². The van der Waals surface area contributed by atoms with Crippen LogP contribution in [0.5, 0.6) is 5.75 Å². The van der Waals surface area contributed by atoms with Crippen molar-refractivity contribution in [1.82, 2.24) is 0 Å². The molecule has 5 heteroatoms. The van der Waals surface area contributed by atoms with Crippen molar-refractivity contribution in [3.63, 3.8) is 0 Å². The summed E-state index contributed by atoms with van der Waals surface area (Å²) in [4.78, 5) is 0. The third kappa shape index (κ3) is 3.49. The number of para-hydroxylation sites is 1. The van der Waals surface area contributed by atoms with Gasteiger partial charge in [-0.05, 0) is 24.3 Å². The molecule has 0 aliphatic carbocycles. The van der Waals surface area contributed by atoms with E-state index in [4.69, 9.17) is 27.5 Å². The lowest BCUT2D eigenvalue weighted by atomic mass is 10.2. The van der Waals surface area contributed by atoms with E-state index in [9.17, 15) is 0 Å². The average molecular weight is 340 g/mol. The molecule has 0 aromatic heterocycles. The van der Waals surface area contributed by atoms with E-state index < -0.39 is 0 Å². The minimum absolute atomic E-state index is 0.0162. The smallest absolute Gasteiger partial charge is 0.130 e. The van der Waals surface area contributed by atoms with Gasteiger partial charge in [-0.15, -0.1) is 0 Å². The predicted molar refractivity (Wildman–Crippen MR) is 80.9 cm³/mol. The first kappa shape index (κ1) is 13.9. The second kappa shape index (κ2) is 6.08. The fourth-order valence-corrected chi connectivity index (χ4v) is 2.34. The van der Waals surface area contributed by atoms with Crippen LogP contribution in [0.4, 0.5) is 0 Å². The summed E-state index contributed by atoms with van der Waals surface area (Å²) in [6, 6.07) is 12.8. The standard InChI is InChI=1S/C14H12BrClN2O/c15-10-6-5-9(12(16)7-10)8-19-13-4-2-1-3-11(13)14(17)18/h1-7H,8H2,(H3,17,18). The Morgan fingerprint density at radius 2 is 2.00 bits per heavy atom.